The van der Waals surface area contributed by atoms with Crippen molar-refractivity contribution in [2.45, 2.75) is 12.8 Å². The fourth-order valence-electron chi connectivity index (χ4n) is 3.46. The highest BCUT2D eigenvalue weighted by molar-refractivity contribution is 6.33. The van der Waals surface area contributed by atoms with Gasteiger partial charge < -0.3 is 15.1 Å². The Morgan fingerprint density at radius 2 is 1.85 bits per heavy atom. The van der Waals surface area contributed by atoms with Gasteiger partial charge in [0.15, 0.2) is 5.76 Å². The van der Waals surface area contributed by atoms with Crippen LogP contribution in [-0.4, -0.2) is 18.4 Å². The number of nitrogens with two attached hydrogens (primary N) is 1. The van der Waals surface area contributed by atoms with Crippen molar-refractivity contribution in [3.63, 3.8) is 0 Å². The predicted octanol–water partition coefficient (Wildman–Crippen LogP) is 4.29. The van der Waals surface area contributed by atoms with E-state index in [1.807, 2.05) is 24.3 Å². The largest absolute Gasteiger partial charge is 0.451 e. The number of benzene rings is 2. The summed E-state index contributed by atoms with van der Waals surface area (Å²) in [6.45, 7) is 0.552. The van der Waals surface area contributed by atoms with Gasteiger partial charge in [0, 0.05) is 23.4 Å². The van der Waals surface area contributed by atoms with Gasteiger partial charge in [-0.05, 0) is 54.8 Å². The highest BCUT2D eigenvalue weighted by Crippen LogP contribution is 2.33. The lowest BCUT2D eigenvalue weighted by molar-refractivity contribution is 0.0955. The van der Waals surface area contributed by atoms with Gasteiger partial charge in [-0.1, -0.05) is 29.8 Å². The highest BCUT2D eigenvalue weighted by atomic mass is 35.5. The average molecular weight is 381 g/mol. The number of halogens is 1. The van der Waals surface area contributed by atoms with E-state index in [-0.39, 0.29) is 11.7 Å². The molecule has 0 bridgehead atoms. The van der Waals surface area contributed by atoms with Gasteiger partial charge in [0.05, 0.1) is 5.02 Å². The van der Waals surface area contributed by atoms with Gasteiger partial charge >= 0.3 is 0 Å². The third-order valence-electron chi connectivity index (χ3n) is 4.72. The van der Waals surface area contributed by atoms with Crippen LogP contribution in [0.1, 0.15) is 32.9 Å². The van der Waals surface area contributed by atoms with Crippen molar-refractivity contribution in [3.05, 3.63) is 76.5 Å². The second-order valence-electron chi connectivity index (χ2n) is 6.37. The molecule has 0 aliphatic carbocycles. The number of furan rings is 1. The molecule has 5 nitrogen and oxygen atoms in total. The van der Waals surface area contributed by atoms with E-state index >= 15 is 0 Å². The number of amides is 2. The van der Waals surface area contributed by atoms with Crippen molar-refractivity contribution in [2.24, 2.45) is 5.73 Å². The molecular weight excluding hydrogens is 364 g/mol. The summed E-state index contributed by atoms with van der Waals surface area (Å²) in [6.07, 6.45) is 1.46. The zero-order chi connectivity index (χ0) is 19.0. The SMILES string of the molecule is NC(=O)c1cccc2c1CCCN2C(=O)c1ccc(-c2ccccc2Cl)o1. The van der Waals surface area contributed by atoms with Gasteiger partial charge in [-0.3, -0.25) is 9.59 Å². The molecule has 0 saturated carbocycles. The molecule has 0 atom stereocenters. The number of hydrogen-bond donors (Lipinski definition) is 1. The van der Waals surface area contributed by atoms with Gasteiger partial charge in [0.2, 0.25) is 5.91 Å². The Labute approximate surface area is 161 Å². The topological polar surface area (TPSA) is 76.5 Å². The molecule has 0 radical (unpaired) electrons. The van der Waals surface area contributed by atoms with E-state index in [9.17, 15) is 9.59 Å². The monoisotopic (exact) mass is 380 g/mol. The van der Waals surface area contributed by atoms with Gasteiger partial charge in [-0.2, -0.15) is 0 Å². The number of carbonyl (C=O) groups is 2. The first-order chi connectivity index (χ1) is 13.1. The minimum Gasteiger partial charge on any atom is -0.451 e. The molecular formula is C21H17ClN2O3. The Balaban J connectivity index is 1.69. The Bertz CT molecular complexity index is 1040. The molecule has 6 heteroatoms. The Morgan fingerprint density at radius 1 is 1.04 bits per heavy atom. The van der Waals surface area contributed by atoms with Gasteiger partial charge in [0.1, 0.15) is 5.76 Å². The van der Waals surface area contributed by atoms with Crippen molar-refractivity contribution in [3.8, 4) is 11.3 Å². The number of anilines is 1. The van der Waals surface area contributed by atoms with Crippen molar-refractivity contribution in [1.29, 1.82) is 0 Å². The Kier molecular flexibility index (Phi) is 4.46. The first-order valence-electron chi connectivity index (χ1n) is 8.64. The van der Waals surface area contributed by atoms with Crippen molar-refractivity contribution in [1.82, 2.24) is 0 Å². The Morgan fingerprint density at radius 3 is 2.63 bits per heavy atom. The van der Waals surface area contributed by atoms with E-state index < -0.39 is 5.91 Å². The first kappa shape index (κ1) is 17.4. The van der Waals surface area contributed by atoms with Crippen LogP contribution in [0.25, 0.3) is 11.3 Å². The summed E-state index contributed by atoms with van der Waals surface area (Å²) in [7, 11) is 0. The van der Waals surface area contributed by atoms with Crippen molar-refractivity contribution >= 4 is 29.1 Å². The zero-order valence-corrected chi connectivity index (χ0v) is 15.2. The molecule has 2 amide bonds. The number of nitrogens with zero attached hydrogens (tertiary/aromatic N) is 1. The molecule has 0 spiro atoms. The van der Waals surface area contributed by atoms with Gasteiger partial charge in [0.25, 0.3) is 5.91 Å². The lowest BCUT2D eigenvalue weighted by atomic mass is 9.95. The zero-order valence-electron chi connectivity index (χ0n) is 14.4. The lowest BCUT2D eigenvalue weighted by Gasteiger charge is -2.29. The van der Waals surface area contributed by atoms with E-state index in [0.717, 1.165) is 17.5 Å². The second-order valence-corrected chi connectivity index (χ2v) is 6.78. The molecule has 136 valence electrons. The van der Waals surface area contributed by atoms with Crippen LogP contribution in [0.4, 0.5) is 5.69 Å². The number of carbonyl (C=O) groups excluding carboxylic acids is 2. The summed E-state index contributed by atoms with van der Waals surface area (Å²) < 4.78 is 5.79. The first-order valence-corrected chi connectivity index (χ1v) is 9.02. The number of hydrogen-bond acceptors (Lipinski definition) is 3. The fraction of sp³-hybridized carbons (Fsp3) is 0.143. The molecule has 0 unspecified atom stereocenters. The van der Waals surface area contributed by atoms with Crippen LogP contribution in [0.5, 0.6) is 0 Å². The van der Waals surface area contributed by atoms with E-state index in [2.05, 4.69) is 0 Å². The smallest absolute Gasteiger partial charge is 0.293 e. The maximum atomic E-state index is 13.1. The molecule has 1 aromatic heterocycles. The standard InChI is InChI=1S/C21H17ClN2O3/c22-16-8-2-1-5-15(16)18-10-11-19(27-18)21(26)24-12-4-7-13-14(20(23)25)6-3-9-17(13)24/h1-3,5-6,8-11H,4,7,12H2,(H2,23,25). The normalized spacial score (nSPS) is 13.3. The van der Waals surface area contributed by atoms with E-state index in [0.29, 0.717) is 35.0 Å². The molecule has 2 N–H and O–H groups in total. The van der Waals surface area contributed by atoms with Crippen LogP contribution >= 0.6 is 11.6 Å². The Hall–Kier alpha value is -3.05. The lowest BCUT2D eigenvalue weighted by Crippen LogP contribution is -2.36. The number of rotatable bonds is 3. The van der Waals surface area contributed by atoms with E-state index in [1.54, 1.807) is 35.2 Å². The second kappa shape index (κ2) is 6.93. The molecule has 1 aliphatic heterocycles. The van der Waals surface area contributed by atoms with Crippen LogP contribution in [0.15, 0.2) is 59.0 Å². The van der Waals surface area contributed by atoms with E-state index in [4.69, 9.17) is 21.8 Å². The van der Waals surface area contributed by atoms with Crippen molar-refractivity contribution < 1.29 is 14.0 Å². The molecule has 0 saturated heterocycles. The number of primary amides is 1. The third-order valence-corrected chi connectivity index (χ3v) is 5.05. The summed E-state index contributed by atoms with van der Waals surface area (Å²) in [5.41, 5.74) is 8.18. The van der Waals surface area contributed by atoms with Crippen LogP contribution in [-0.2, 0) is 6.42 Å². The quantitative estimate of drug-likeness (QED) is 0.736. The predicted molar refractivity (Wildman–Crippen MR) is 104 cm³/mol. The molecule has 4 rings (SSSR count). The van der Waals surface area contributed by atoms with Gasteiger partial charge in [-0.15, -0.1) is 0 Å². The van der Waals surface area contributed by atoms with Crippen LogP contribution in [0.2, 0.25) is 5.02 Å². The maximum Gasteiger partial charge on any atom is 0.293 e. The number of fused-ring (bicyclic) bond motifs is 1. The minimum absolute atomic E-state index is 0.224. The summed E-state index contributed by atoms with van der Waals surface area (Å²) in [6, 6.07) is 15.9. The van der Waals surface area contributed by atoms with E-state index in [1.165, 1.54) is 0 Å². The summed E-state index contributed by atoms with van der Waals surface area (Å²) in [4.78, 5) is 26.4. The molecule has 2 aromatic carbocycles. The van der Waals surface area contributed by atoms with Gasteiger partial charge in [-0.25, -0.2) is 0 Å². The minimum atomic E-state index is -0.486. The molecule has 27 heavy (non-hydrogen) atoms. The highest BCUT2D eigenvalue weighted by Gasteiger charge is 2.28. The van der Waals surface area contributed by atoms with Crippen LogP contribution in [0, 0.1) is 0 Å². The summed E-state index contributed by atoms with van der Waals surface area (Å²) in [5, 5.41) is 0.556. The maximum absolute atomic E-state index is 13.1. The molecule has 2 heterocycles. The van der Waals surface area contributed by atoms with Crippen LogP contribution < -0.4 is 10.6 Å². The summed E-state index contributed by atoms with van der Waals surface area (Å²) >= 11 is 6.21. The summed E-state index contributed by atoms with van der Waals surface area (Å²) in [5.74, 6) is 0.0188. The molecule has 1 aliphatic rings. The molecule has 0 fully saturated rings. The average Bonchev–Trinajstić information content (AvgIpc) is 3.16. The van der Waals surface area contributed by atoms with Crippen molar-refractivity contribution in [2.75, 3.05) is 11.4 Å². The molecule has 3 aromatic rings. The third kappa shape index (κ3) is 3.11. The van der Waals surface area contributed by atoms with Crippen LogP contribution in [0.3, 0.4) is 0 Å². The fourth-order valence-corrected chi connectivity index (χ4v) is 3.69.